The number of benzene rings is 2. The van der Waals surface area contributed by atoms with Crippen LogP contribution in [0.25, 0.3) is 32.2 Å². The molecule has 0 amide bonds. The molecule has 4 rings (SSSR count). The summed E-state index contributed by atoms with van der Waals surface area (Å²) in [6, 6.07) is 19.8. The number of rotatable bonds is 2. The molecule has 0 N–H and O–H groups in total. The normalized spacial score (nSPS) is 12.4. The molecule has 2 aromatic heterocycles. The topological polar surface area (TPSA) is 12.9 Å². The van der Waals surface area contributed by atoms with Crippen LogP contribution in [0.5, 0.6) is 0 Å². The Hall–Kier alpha value is -2.19. The van der Waals surface area contributed by atoms with Gasteiger partial charge in [0.25, 0.3) is 0 Å². The van der Waals surface area contributed by atoms with Crippen LogP contribution in [0, 0.1) is 0 Å². The number of para-hydroxylation sites is 1. The predicted octanol–water partition coefficient (Wildman–Crippen LogP) is 7.54. The maximum Gasteiger partial charge on any atom is 0.0712 e. The summed E-state index contributed by atoms with van der Waals surface area (Å²) < 4.78 is 1.36. The van der Waals surface area contributed by atoms with Crippen molar-refractivity contribution in [3.63, 3.8) is 0 Å². The summed E-state index contributed by atoms with van der Waals surface area (Å²) in [5.74, 6) is 0.571. The number of thiophene rings is 1. The van der Waals surface area contributed by atoms with Gasteiger partial charge >= 0.3 is 0 Å². The first-order valence-corrected chi connectivity index (χ1v) is 10.1. The molecule has 0 unspecified atom stereocenters. The number of hydrogen-bond donors (Lipinski definition) is 0. The van der Waals surface area contributed by atoms with Crippen LogP contribution in [-0.2, 0) is 5.41 Å². The first-order chi connectivity index (χ1) is 12.3. The van der Waals surface area contributed by atoms with Crippen LogP contribution in [0.2, 0.25) is 0 Å². The first-order valence-electron chi connectivity index (χ1n) is 9.27. The van der Waals surface area contributed by atoms with Gasteiger partial charge in [-0.15, -0.1) is 11.3 Å². The third kappa shape index (κ3) is 3.03. The van der Waals surface area contributed by atoms with Crippen LogP contribution in [0.1, 0.15) is 51.0 Å². The van der Waals surface area contributed by atoms with E-state index in [-0.39, 0.29) is 5.41 Å². The molecule has 0 atom stereocenters. The lowest BCUT2D eigenvalue weighted by Crippen LogP contribution is -2.12. The Balaban J connectivity index is 1.92. The fourth-order valence-electron chi connectivity index (χ4n) is 3.45. The number of aromatic nitrogens is 1. The maximum absolute atomic E-state index is 4.97. The smallest absolute Gasteiger partial charge is 0.0712 e. The van der Waals surface area contributed by atoms with Crippen molar-refractivity contribution in [2.45, 2.75) is 46.0 Å². The van der Waals surface area contributed by atoms with Crippen LogP contribution in [0.4, 0.5) is 0 Å². The molecule has 0 radical (unpaired) electrons. The first kappa shape index (κ1) is 17.2. The van der Waals surface area contributed by atoms with Gasteiger partial charge in [0.15, 0.2) is 0 Å². The molecule has 0 saturated carbocycles. The van der Waals surface area contributed by atoms with E-state index in [1.165, 1.54) is 31.5 Å². The van der Waals surface area contributed by atoms with Crippen molar-refractivity contribution in [2.24, 2.45) is 0 Å². The molecule has 132 valence electrons. The van der Waals surface area contributed by atoms with Crippen LogP contribution in [0.15, 0.2) is 54.6 Å². The molecule has 0 spiro atoms. The van der Waals surface area contributed by atoms with Gasteiger partial charge in [-0.1, -0.05) is 58.9 Å². The standard InChI is InChI=1S/C24H25NS/c1-15(2)23-13-17-12-16(10-11-22(17)26-23)21-14-19(24(3,4)5)18-8-6-7-9-20(18)25-21/h6-15H,1-5H3. The molecule has 0 aliphatic rings. The lowest BCUT2D eigenvalue weighted by atomic mass is 9.84. The van der Waals surface area contributed by atoms with Gasteiger partial charge < -0.3 is 0 Å². The molecule has 2 heteroatoms. The highest BCUT2D eigenvalue weighted by molar-refractivity contribution is 7.19. The number of fused-ring (bicyclic) bond motifs is 2. The summed E-state index contributed by atoms with van der Waals surface area (Å²) >= 11 is 1.90. The second-order valence-electron chi connectivity index (χ2n) is 8.38. The Bertz CT molecular complexity index is 1100. The van der Waals surface area contributed by atoms with E-state index < -0.39 is 0 Å². The van der Waals surface area contributed by atoms with Crippen molar-refractivity contribution in [2.75, 3.05) is 0 Å². The summed E-state index contributed by atoms with van der Waals surface area (Å²) in [6.45, 7) is 11.3. The quantitative estimate of drug-likeness (QED) is 0.360. The summed E-state index contributed by atoms with van der Waals surface area (Å²) in [5, 5.41) is 2.57. The van der Waals surface area contributed by atoms with E-state index >= 15 is 0 Å². The molecule has 0 aliphatic heterocycles. The lowest BCUT2D eigenvalue weighted by Gasteiger charge is -2.22. The molecular weight excluding hydrogens is 334 g/mol. The lowest BCUT2D eigenvalue weighted by molar-refractivity contribution is 0.595. The Kier molecular flexibility index (Phi) is 4.11. The largest absolute Gasteiger partial charge is 0.248 e. The van der Waals surface area contributed by atoms with Gasteiger partial charge in [-0.05, 0) is 52.6 Å². The van der Waals surface area contributed by atoms with Crippen molar-refractivity contribution in [1.82, 2.24) is 4.98 Å². The SMILES string of the molecule is CC(C)c1cc2cc(-c3cc(C(C)(C)C)c4ccccc4n3)ccc2s1. The van der Waals surface area contributed by atoms with Crippen molar-refractivity contribution in [3.8, 4) is 11.3 Å². The second-order valence-corrected chi connectivity index (χ2v) is 9.49. The summed E-state index contributed by atoms with van der Waals surface area (Å²) in [4.78, 5) is 6.42. The Morgan fingerprint density at radius 2 is 1.69 bits per heavy atom. The molecule has 0 aliphatic carbocycles. The number of hydrogen-bond acceptors (Lipinski definition) is 2. The summed E-state index contributed by atoms with van der Waals surface area (Å²) in [7, 11) is 0. The highest BCUT2D eigenvalue weighted by atomic mass is 32.1. The average Bonchev–Trinajstić information content (AvgIpc) is 3.03. The fraction of sp³-hybridized carbons (Fsp3) is 0.292. The summed E-state index contributed by atoms with van der Waals surface area (Å²) in [6.07, 6.45) is 0. The minimum Gasteiger partial charge on any atom is -0.248 e. The van der Waals surface area contributed by atoms with Gasteiger partial charge in [0, 0.05) is 20.5 Å². The van der Waals surface area contributed by atoms with Crippen LogP contribution < -0.4 is 0 Å². The third-order valence-corrected chi connectivity index (χ3v) is 6.34. The van der Waals surface area contributed by atoms with E-state index in [0.717, 1.165) is 11.2 Å². The molecule has 1 nitrogen and oxygen atoms in total. The van der Waals surface area contributed by atoms with Gasteiger partial charge in [0.1, 0.15) is 0 Å². The van der Waals surface area contributed by atoms with Gasteiger partial charge in [-0.3, -0.25) is 0 Å². The van der Waals surface area contributed by atoms with Crippen LogP contribution in [-0.4, -0.2) is 4.98 Å². The molecule has 2 heterocycles. The van der Waals surface area contributed by atoms with E-state index in [0.29, 0.717) is 5.92 Å². The zero-order valence-corrected chi connectivity index (χ0v) is 16.9. The molecule has 4 aromatic rings. The minimum atomic E-state index is 0.0780. The molecule has 26 heavy (non-hydrogen) atoms. The third-order valence-electron chi connectivity index (χ3n) is 4.92. The second kappa shape index (κ2) is 6.21. The van der Waals surface area contributed by atoms with E-state index in [1.807, 2.05) is 11.3 Å². The van der Waals surface area contributed by atoms with E-state index in [9.17, 15) is 0 Å². The highest BCUT2D eigenvalue weighted by Gasteiger charge is 2.19. The predicted molar refractivity (Wildman–Crippen MR) is 115 cm³/mol. The number of nitrogens with zero attached hydrogens (tertiary/aromatic N) is 1. The Morgan fingerprint density at radius 1 is 0.923 bits per heavy atom. The fourth-order valence-corrected chi connectivity index (χ4v) is 4.50. The zero-order valence-electron chi connectivity index (χ0n) is 16.1. The average molecular weight is 360 g/mol. The van der Waals surface area contributed by atoms with Crippen LogP contribution in [0.3, 0.4) is 0 Å². The molecule has 0 bridgehead atoms. The molecular formula is C24H25NS. The number of pyridine rings is 1. The minimum absolute atomic E-state index is 0.0780. The Morgan fingerprint density at radius 3 is 2.42 bits per heavy atom. The van der Waals surface area contributed by atoms with Gasteiger partial charge in [0.2, 0.25) is 0 Å². The summed E-state index contributed by atoms with van der Waals surface area (Å²) in [5.41, 5.74) is 4.76. The molecule has 2 aromatic carbocycles. The van der Waals surface area contributed by atoms with E-state index in [1.54, 1.807) is 0 Å². The van der Waals surface area contributed by atoms with Crippen molar-refractivity contribution in [3.05, 3.63) is 65.0 Å². The van der Waals surface area contributed by atoms with Gasteiger partial charge in [0.05, 0.1) is 11.2 Å². The van der Waals surface area contributed by atoms with E-state index in [4.69, 9.17) is 4.98 Å². The Labute approximate surface area is 159 Å². The highest BCUT2D eigenvalue weighted by Crippen LogP contribution is 2.36. The van der Waals surface area contributed by atoms with E-state index in [2.05, 4.69) is 89.2 Å². The van der Waals surface area contributed by atoms with Crippen molar-refractivity contribution < 1.29 is 0 Å². The maximum atomic E-state index is 4.97. The molecule has 0 fully saturated rings. The monoisotopic (exact) mass is 359 g/mol. The van der Waals surface area contributed by atoms with Gasteiger partial charge in [-0.25, -0.2) is 4.98 Å². The zero-order chi connectivity index (χ0) is 18.5. The van der Waals surface area contributed by atoms with Crippen LogP contribution >= 0.6 is 11.3 Å². The van der Waals surface area contributed by atoms with Crippen molar-refractivity contribution >= 4 is 32.3 Å². The van der Waals surface area contributed by atoms with Crippen molar-refractivity contribution in [1.29, 1.82) is 0 Å². The molecule has 0 saturated heterocycles. The van der Waals surface area contributed by atoms with Gasteiger partial charge in [-0.2, -0.15) is 0 Å².